The summed E-state index contributed by atoms with van der Waals surface area (Å²) in [7, 11) is -8.34. The first-order chi connectivity index (χ1) is 5.10. The third-order valence-corrected chi connectivity index (χ3v) is 3.55. The smallest absolute Gasteiger partial charge is 1.00 e. The molecule has 2 unspecified atom stereocenters. The van der Waals surface area contributed by atoms with Crippen LogP contribution in [-0.2, 0) is 59.1 Å². The summed E-state index contributed by atoms with van der Waals surface area (Å²) < 4.78 is 54.2. The minimum Gasteiger partial charge on any atom is -1.00 e. The molecule has 0 spiro atoms. The van der Waals surface area contributed by atoms with Crippen LogP contribution >= 0.6 is 0 Å². The Kier molecular flexibility index (Phi) is 156. The quantitative estimate of drug-likeness (QED) is 0.335. The first kappa shape index (κ1) is 89.9. The molecule has 24 heteroatoms. The molecule has 0 fully saturated rings. The van der Waals surface area contributed by atoms with Gasteiger partial charge in [-0.05, 0) is 0 Å². The maximum absolute atomic E-state index is 10.3. The van der Waals surface area contributed by atoms with E-state index in [1.807, 2.05) is 0 Å². The maximum atomic E-state index is 10.3. The van der Waals surface area contributed by atoms with Gasteiger partial charge in [0.25, 0.3) is 18.1 Å². The molecule has 18 N–H and O–H groups in total. The van der Waals surface area contributed by atoms with E-state index in [1.54, 1.807) is 0 Å². The van der Waals surface area contributed by atoms with Crippen LogP contribution in [0.3, 0.4) is 0 Å². The summed E-state index contributed by atoms with van der Waals surface area (Å²) in [5.41, 5.74) is 0. The summed E-state index contributed by atoms with van der Waals surface area (Å²) in [5.74, 6) is 0. The monoisotopic (exact) mass is 514 g/mol. The minimum absolute atomic E-state index is 0. The molecule has 146 valence electrons. The van der Waals surface area contributed by atoms with Crippen molar-refractivity contribution in [3.63, 3.8) is 0 Å². The summed E-state index contributed by atoms with van der Waals surface area (Å²) in [4.78, 5) is 0. The molecule has 0 aromatic carbocycles. The Balaban J connectivity index is -0.00000000504. The fraction of sp³-hybridized carbons (Fsp3) is 0. The second kappa shape index (κ2) is 41.7. The molecular formula is H22Na4O15S5. The fourth-order valence-electron chi connectivity index (χ4n) is 0.152. The van der Waals surface area contributed by atoms with Crippen LogP contribution in [0.5, 0.6) is 0 Å². The molecule has 0 saturated carbocycles. The van der Waals surface area contributed by atoms with E-state index in [-0.39, 0.29) is 168 Å². The SMILES string of the molecule is O.O.O.O.O.O.O.O.O=S(OS(=O)(O)=S)OS(=O)(O)=S.[H-].[H-].[H-].[H-].[Na+].[Na+].[Na+].[Na+]. The van der Waals surface area contributed by atoms with E-state index in [0.29, 0.717) is 0 Å². The number of rotatable bonds is 4. The first-order valence-electron chi connectivity index (χ1n) is 1.87. The molecule has 0 saturated heterocycles. The van der Waals surface area contributed by atoms with Gasteiger partial charge in [-0.2, -0.15) is 12.6 Å². The van der Waals surface area contributed by atoms with Crippen LogP contribution in [-0.4, -0.2) is 65.5 Å². The van der Waals surface area contributed by atoms with Gasteiger partial charge < -0.3 is 49.5 Å². The predicted octanol–water partition coefficient (Wildman–Crippen LogP) is -19.3. The second-order valence-corrected chi connectivity index (χ2v) is 6.93. The van der Waals surface area contributed by atoms with E-state index in [1.165, 1.54) is 0 Å². The zero-order valence-electron chi connectivity index (χ0n) is 17.0. The summed E-state index contributed by atoms with van der Waals surface area (Å²) in [6.07, 6.45) is 0. The Hall–Kier alpha value is 4.41. The zero-order chi connectivity index (χ0) is 9.99. The second-order valence-electron chi connectivity index (χ2n) is 1.20. The first-order valence-corrected chi connectivity index (χ1v) is 7.60. The summed E-state index contributed by atoms with van der Waals surface area (Å²) in [5, 5.41) is 0. The van der Waals surface area contributed by atoms with Crippen LogP contribution in [0.2, 0.25) is 0 Å². The van der Waals surface area contributed by atoms with Crippen LogP contribution in [0.4, 0.5) is 0 Å². The van der Waals surface area contributed by atoms with Crippen molar-refractivity contribution in [2.24, 2.45) is 0 Å². The normalized spacial score (nSPS) is 11.9. The molecule has 0 aliphatic carbocycles. The molecule has 15 nitrogen and oxygen atoms in total. The molecule has 24 heavy (non-hydrogen) atoms. The van der Waals surface area contributed by atoms with Gasteiger partial charge >= 0.3 is 130 Å². The Morgan fingerprint density at radius 1 is 0.667 bits per heavy atom. The minimum atomic E-state index is -4.17. The van der Waals surface area contributed by atoms with E-state index in [0.717, 1.165) is 0 Å². The summed E-state index contributed by atoms with van der Waals surface area (Å²) >= 11 is 4.54. The van der Waals surface area contributed by atoms with Crippen molar-refractivity contribution in [1.29, 1.82) is 0 Å². The van der Waals surface area contributed by atoms with Crippen molar-refractivity contribution in [2.75, 3.05) is 0 Å². The number of hydrogen-bond donors (Lipinski definition) is 2. The van der Waals surface area contributed by atoms with Gasteiger partial charge in [-0.25, -0.2) is 0 Å². The molecule has 0 aliphatic heterocycles. The van der Waals surface area contributed by atoms with Crippen molar-refractivity contribution in [1.82, 2.24) is 0 Å². The van der Waals surface area contributed by atoms with Crippen molar-refractivity contribution >= 4 is 51.8 Å². The van der Waals surface area contributed by atoms with Gasteiger partial charge in [0.2, 0.25) is 0 Å². The van der Waals surface area contributed by atoms with Crippen LogP contribution in [0.1, 0.15) is 5.71 Å². The molecule has 2 atom stereocenters. The van der Waals surface area contributed by atoms with Crippen LogP contribution in [0.25, 0.3) is 0 Å². The number of hydrogen-bond acceptors (Lipinski definition) is 7. The Morgan fingerprint density at radius 3 is 0.875 bits per heavy atom. The molecular weight excluding hydrogens is 492 g/mol. The molecule has 0 amide bonds. The van der Waals surface area contributed by atoms with Gasteiger partial charge in [-0.3, -0.25) is 9.11 Å². The van der Waals surface area contributed by atoms with E-state index in [2.05, 4.69) is 29.6 Å². The predicted molar refractivity (Wildman–Crippen MR) is 79.9 cm³/mol. The van der Waals surface area contributed by atoms with Gasteiger partial charge in [0.1, 0.15) is 0 Å². The molecule has 0 radical (unpaired) electrons. The summed E-state index contributed by atoms with van der Waals surface area (Å²) in [6.45, 7) is 0. The van der Waals surface area contributed by atoms with Crippen molar-refractivity contribution < 1.29 is 197 Å². The molecule has 0 aliphatic rings. The fourth-order valence-corrected chi connectivity index (χ4v) is 2.39. The van der Waals surface area contributed by atoms with Crippen LogP contribution in [0.15, 0.2) is 0 Å². The Labute approximate surface area is 244 Å². The van der Waals surface area contributed by atoms with E-state index in [9.17, 15) is 12.6 Å². The molecule has 0 aromatic heterocycles. The van der Waals surface area contributed by atoms with E-state index < -0.39 is 29.5 Å². The third-order valence-electron chi connectivity index (χ3n) is 0.283. The Bertz CT molecular complexity index is 355. The van der Waals surface area contributed by atoms with Crippen molar-refractivity contribution in [3.8, 4) is 0 Å². The van der Waals surface area contributed by atoms with Gasteiger partial charge in [-0.1, -0.05) is 0 Å². The standard InChI is InChI=1S/4Na.H2O7S5.8H2O.4H/c;;;;1-10(6-11(2,3)8)7-12(4,5)9;;;;;;;;;;;;/h;;;;(H,2,3,8)(H,4,5,9);8*1H2;;;;/q4*+1;;;;;;;;;;4*-1. The van der Waals surface area contributed by atoms with Gasteiger partial charge in [0.05, 0.1) is 0 Å². The van der Waals surface area contributed by atoms with Crippen LogP contribution < -0.4 is 118 Å². The molecule has 0 rings (SSSR count). The summed E-state index contributed by atoms with van der Waals surface area (Å²) in [6, 6.07) is 0. The van der Waals surface area contributed by atoms with E-state index in [4.69, 9.17) is 9.11 Å². The molecule has 0 heterocycles. The third kappa shape index (κ3) is 82.1. The van der Waals surface area contributed by atoms with Crippen LogP contribution in [0, 0.1) is 0 Å². The van der Waals surface area contributed by atoms with Crippen molar-refractivity contribution in [3.05, 3.63) is 0 Å². The van der Waals surface area contributed by atoms with Gasteiger partial charge in [0.15, 0.2) is 0 Å². The maximum Gasteiger partial charge on any atom is 1.00 e. The topological polar surface area (TPSA) is 362 Å². The average molecular weight is 514 g/mol. The van der Waals surface area contributed by atoms with E-state index >= 15 is 0 Å². The van der Waals surface area contributed by atoms with Gasteiger partial charge in [-0.15, -0.1) is 7.26 Å². The van der Waals surface area contributed by atoms with Gasteiger partial charge in [0, 0.05) is 22.4 Å². The molecule has 0 aromatic rings. The van der Waals surface area contributed by atoms with Crippen molar-refractivity contribution in [2.45, 2.75) is 0 Å². The average Bonchev–Trinajstić information content (AvgIpc) is 1.49. The largest absolute Gasteiger partial charge is 1.00 e. The Morgan fingerprint density at radius 2 is 0.792 bits per heavy atom. The molecule has 0 bridgehead atoms. The zero-order valence-corrected chi connectivity index (χ0v) is 25.1.